The van der Waals surface area contributed by atoms with Crippen molar-refractivity contribution in [3.05, 3.63) is 30.1 Å². The number of carbonyl (C=O) groups is 1. The molecule has 2 heterocycles. The molecule has 1 amide bonds. The van der Waals surface area contributed by atoms with Crippen LogP contribution < -0.4 is 5.32 Å². The van der Waals surface area contributed by atoms with Gasteiger partial charge >= 0.3 is 0 Å². The normalized spacial score (nSPS) is 18.3. The minimum Gasteiger partial charge on any atom is -0.357 e. The molecule has 0 aromatic heterocycles. The van der Waals surface area contributed by atoms with Gasteiger partial charge < -0.3 is 15.1 Å². The van der Waals surface area contributed by atoms with E-state index >= 15 is 0 Å². The summed E-state index contributed by atoms with van der Waals surface area (Å²) in [4.78, 5) is 24.2. The van der Waals surface area contributed by atoms with Gasteiger partial charge in [-0.3, -0.25) is 14.7 Å². The van der Waals surface area contributed by atoms with Crippen LogP contribution >= 0.6 is 11.8 Å². The number of nitrogens with one attached hydrogen (secondary N) is 1. The maximum Gasteiger partial charge on any atom is 0.236 e. The summed E-state index contributed by atoms with van der Waals surface area (Å²) in [6, 6.07) is 6.85. The van der Waals surface area contributed by atoms with E-state index in [1.54, 1.807) is 12.1 Å². The van der Waals surface area contributed by atoms with E-state index < -0.39 is 0 Å². The highest BCUT2D eigenvalue weighted by Crippen LogP contribution is 2.20. The van der Waals surface area contributed by atoms with Gasteiger partial charge in [-0.1, -0.05) is 12.1 Å². The topological polar surface area (TPSA) is 51.2 Å². The van der Waals surface area contributed by atoms with Gasteiger partial charge in [0.1, 0.15) is 5.82 Å². The highest BCUT2D eigenvalue weighted by atomic mass is 32.2. The molecule has 0 atom stereocenters. The number of rotatable bonds is 7. The standard InChI is InChI=1S/C21H32FN5OS/c1-2-23-21(24-9-16-29-19-8-4-3-7-18(19)22)27-14-12-25(13-15-27)17-20(28)26-10-5-6-11-26/h3-4,7-8H,2,5-6,9-17H2,1H3,(H,23,24). The summed E-state index contributed by atoms with van der Waals surface area (Å²) in [6.07, 6.45) is 2.27. The molecule has 0 radical (unpaired) electrons. The largest absolute Gasteiger partial charge is 0.357 e. The fourth-order valence-corrected chi connectivity index (χ4v) is 4.45. The van der Waals surface area contributed by atoms with Gasteiger partial charge in [0.25, 0.3) is 0 Å². The first-order valence-corrected chi connectivity index (χ1v) is 11.6. The van der Waals surface area contributed by atoms with Gasteiger partial charge in [0.05, 0.1) is 13.1 Å². The highest BCUT2D eigenvalue weighted by Gasteiger charge is 2.24. The van der Waals surface area contributed by atoms with Gasteiger partial charge in [-0.25, -0.2) is 4.39 Å². The van der Waals surface area contributed by atoms with E-state index in [9.17, 15) is 9.18 Å². The third-order valence-electron chi connectivity index (χ3n) is 5.27. The average molecular weight is 422 g/mol. The Kier molecular flexibility index (Phi) is 8.61. The van der Waals surface area contributed by atoms with E-state index in [1.165, 1.54) is 17.8 Å². The second-order valence-corrected chi connectivity index (χ2v) is 8.50. The van der Waals surface area contributed by atoms with Crippen LogP contribution in [0.2, 0.25) is 0 Å². The Bertz CT molecular complexity index is 687. The van der Waals surface area contributed by atoms with Crippen LogP contribution in [0, 0.1) is 5.82 Å². The lowest BCUT2D eigenvalue weighted by Gasteiger charge is -2.36. The molecule has 2 saturated heterocycles. The SMILES string of the molecule is CCNC(=NCCSc1ccccc1F)N1CCN(CC(=O)N2CCCC2)CC1. The minimum absolute atomic E-state index is 0.173. The van der Waals surface area contributed by atoms with Crippen LogP contribution in [0.1, 0.15) is 19.8 Å². The van der Waals surface area contributed by atoms with E-state index in [2.05, 4.69) is 22.0 Å². The maximum absolute atomic E-state index is 13.7. The molecular formula is C21H32FN5OS. The van der Waals surface area contributed by atoms with Gasteiger partial charge in [0, 0.05) is 56.5 Å². The van der Waals surface area contributed by atoms with Gasteiger partial charge in [-0.2, -0.15) is 0 Å². The van der Waals surface area contributed by atoms with Crippen molar-refractivity contribution in [3.8, 4) is 0 Å². The lowest BCUT2D eigenvalue weighted by Crippen LogP contribution is -2.54. The van der Waals surface area contributed by atoms with Crippen molar-refractivity contribution in [2.24, 2.45) is 4.99 Å². The molecule has 2 fully saturated rings. The summed E-state index contributed by atoms with van der Waals surface area (Å²) in [7, 11) is 0. The zero-order valence-corrected chi connectivity index (χ0v) is 18.1. The molecule has 1 N–H and O–H groups in total. The molecule has 0 saturated carbocycles. The molecule has 0 unspecified atom stereocenters. The first-order chi connectivity index (χ1) is 14.2. The summed E-state index contributed by atoms with van der Waals surface area (Å²) >= 11 is 1.49. The molecule has 3 rings (SSSR count). The number of hydrogen-bond donors (Lipinski definition) is 1. The van der Waals surface area contributed by atoms with Crippen molar-refractivity contribution in [2.75, 3.05) is 64.7 Å². The van der Waals surface area contributed by atoms with E-state index in [0.29, 0.717) is 18.0 Å². The summed E-state index contributed by atoms with van der Waals surface area (Å²) in [6.45, 7) is 9.33. The maximum atomic E-state index is 13.7. The van der Waals surface area contributed by atoms with Crippen LogP contribution in [0.25, 0.3) is 0 Å². The van der Waals surface area contributed by atoms with Gasteiger partial charge in [-0.15, -0.1) is 11.8 Å². The quantitative estimate of drug-likeness (QED) is 0.316. The zero-order valence-electron chi connectivity index (χ0n) is 17.3. The van der Waals surface area contributed by atoms with E-state index in [1.807, 2.05) is 11.0 Å². The predicted molar refractivity (Wildman–Crippen MR) is 117 cm³/mol. The summed E-state index contributed by atoms with van der Waals surface area (Å²) in [5, 5.41) is 3.36. The molecule has 1 aromatic rings. The monoisotopic (exact) mass is 421 g/mol. The zero-order chi connectivity index (χ0) is 20.5. The molecule has 6 nitrogen and oxygen atoms in total. The number of benzene rings is 1. The smallest absolute Gasteiger partial charge is 0.236 e. The number of thioether (sulfide) groups is 1. The Morgan fingerprint density at radius 1 is 1.10 bits per heavy atom. The van der Waals surface area contributed by atoms with Crippen molar-refractivity contribution in [2.45, 2.75) is 24.7 Å². The van der Waals surface area contributed by atoms with Gasteiger partial charge in [-0.05, 0) is 31.9 Å². The number of piperazine rings is 1. The van der Waals surface area contributed by atoms with Crippen LogP contribution in [0.15, 0.2) is 34.2 Å². The van der Waals surface area contributed by atoms with Gasteiger partial charge in [0.2, 0.25) is 5.91 Å². The Hall–Kier alpha value is -1.80. The molecule has 2 aliphatic rings. The first-order valence-electron chi connectivity index (χ1n) is 10.6. The first kappa shape index (κ1) is 21.9. The average Bonchev–Trinajstić information content (AvgIpc) is 3.27. The van der Waals surface area contributed by atoms with Crippen LogP contribution in [0.4, 0.5) is 4.39 Å². The molecule has 29 heavy (non-hydrogen) atoms. The van der Waals surface area contributed by atoms with Crippen molar-refractivity contribution < 1.29 is 9.18 Å². The molecule has 0 spiro atoms. The van der Waals surface area contributed by atoms with E-state index in [0.717, 1.165) is 70.4 Å². The third-order valence-corrected chi connectivity index (χ3v) is 6.30. The number of amides is 1. The predicted octanol–water partition coefficient (Wildman–Crippen LogP) is 2.12. The fraction of sp³-hybridized carbons (Fsp3) is 0.619. The second-order valence-electron chi connectivity index (χ2n) is 7.37. The molecule has 2 aliphatic heterocycles. The number of nitrogens with zero attached hydrogens (tertiary/aromatic N) is 4. The van der Waals surface area contributed by atoms with Crippen molar-refractivity contribution in [1.29, 1.82) is 0 Å². The molecule has 1 aromatic carbocycles. The number of aliphatic imine (C=N–C) groups is 1. The van der Waals surface area contributed by atoms with Crippen LogP contribution in [-0.2, 0) is 4.79 Å². The van der Waals surface area contributed by atoms with Crippen LogP contribution in [-0.4, -0.2) is 91.2 Å². The molecular weight excluding hydrogens is 389 g/mol. The fourth-order valence-electron chi connectivity index (χ4n) is 3.67. The Labute approximate surface area is 177 Å². The number of carbonyl (C=O) groups excluding carboxylic acids is 1. The molecule has 8 heteroatoms. The number of guanidine groups is 1. The molecule has 0 bridgehead atoms. The summed E-state index contributed by atoms with van der Waals surface area (Å²) < 4.78 is 13.7. The minimum atomic E-state index is -0.173. The summed E-state index contributed by atoms with van der Waals surface area (Å²) in [5.41, 5.74) is 0. The van der Waals surface area contributed by atoms with Crippen LogP contribution in [0.3, 0.4) is 0 Å². The number of likely N-dealkylation sites (tertiary alicyclic amines) is 1. The van der Waals surface area contributed by atoms with Crippen LogP contribution in [0.5, 0.6) is 0 Å². The lowest BCUT2D eigenvalue weighted by atomic mass is 10.3. The van der Waals surface area contributed by atoms with Crippen molar-refractivity contribution in [3.63, 3.8) is 0 Å². The van der Waals surface area contributed by atoms with E-state index in [4.69, 9.17) is 4.99 Å². The summed E-state index contributed by atoms with van der Waals surface area (Å²) in [5.74, 6) is 1.74. The Balaban J connectivity index is 1.43. The lowest BCUT2D eigenvalue weighted by molar-refractivity contribution is -0.131. The number of halogens is 1. The number of hydrogen-bond acceptors (Lipinski definition) is 4. The van der Waals surface area contributed by atoms with E-state index in [-0.39, 0.29) is 11.7 Å². The van der Waals surface area contributed by atoms with Crippen molar-refractivity contribution in [1.82, 2.24) is 20.0 Å². The third kappa shape index (κ3) is 6.60. The van der Waals surface area contributed by atoms with Crippen molar-refractivity contribution >= 4 is 23.6 Å². The second kappa shape index (κ2) is 11.4. The molecule has 0 aliphatic carbocycles. The van der Waals surface area contributed by atoms with Gasteiger partial charge in [0.15, 0.2) is 5.96 Å². The Morgan fingerprint density at radius 3 is 2.52 bits per heavy atom. The molecule has 160 valence electrons. The Morgan fingerprint density at radius 2 is 1.83 bits per heavy atom. The highest BCUT2D eigenvalue weighted by molar-refractivity contribution is 7.99.